The van der Waals surface area contributed by atoms with E-state index in [1.54, 1.807) is 12.1 Å². The molecule has 0 fully saturated rings. The Balaban J connectivity index is 1.63. The standard InChI is InChI=1S/C22H17NO3S/c24-20-14-27-19-12-11-17(13-18(19)23-20)22(25)26-21(15-7-3-1-4-8-15)16-9-5-2-6-10-16/h1-13,21H,14H2,(H,23,24). The summed E-state index contributed by atoms with van der Waals surface area (Å²) < 4.78 is 5.87. The number of hydrogen-bond acceptors (Lipinski definition) is 4. The van der Waals surface area contributed by atoms with E-state index in [2.05, 4.69) is 5.32 Å². The first-order valence-corrected chi connectivity index (χ1v) is 9.57. The Labute approximate surface area is 161 Å². The third-order valence-corrected chi connectivity index (χ3v) is 5.35. The van der Waals surface area contributed by atoms with E-state index in [0.29, 0.717) is 17.0 Å². The van der Waals surface area contributed by atoms with Gasteiger partial charge in [-0.25, -0.2) is 4.79 Å². The molecule has 1 N–H and O–H groups in total. The van der Waals surface area contributed by atoms with E-state index in [1.165, 1.54) is 11.8 Å². The highest BCUT2D eigenvalue weighted by molar-refractivity contribution is 8.00. The molecule has 0 bridgehead atoms. The van der Waals surface area contributed by atoms with E-state index in [0.717, 1.165) is 16.0 Å². The highest BCUT2D eigenvalue weighted by Crippen LogP contribution is 2.33. The summed E-state index contributed by atoms with van der Waals surface area (Å²) >= 11 is 1.46. The van der Waals surface area contributed by atoms with Crippen LogP contribution in [0.15, 0.2) is 83.8 Å². The molecule has 0 spiro atoms. The summed E-state index contributed by atoms with van der Waals surface area (Å²) in [6, 6.07) is 24.6. The SMILES string of the molecule is O=C1CSc2ccc(C(=O)OC(c3ccccc3)c3ccccc3)cc2N1. The lowest BCUT2D eigenvalue weighted by Crippen LogP contribution is -2.19. The van der Waals surface area contributed by atoms with Gasteiger partial charge in [-0.1, -0.05) is 60.7 Å². The van der Waals surface area contributed by atoms with Gasteiger partial charge >= 0.3 is 5.97 Å². The molecule has 0 aromatic heterocycles. The van der Waals surface area contributed by atoms with Crippen molar-refractivity contribution in [3.63, 3.8) is 0 Å². The number of thioether (sulfide) groups is 1. The van der Waals surface area contributed by atoms with Crippen molar-refractivity contribution in [3.8, 4) is 0 Å². The predicted octanol–water partition coefficient (Wildman–Crippen LogP) is 4.68. The zero-order valence-corrected chi connectivity index (χ0v) is 15.2. The first-order chi connectivity index (χ1) is 13.2. The fourth-order valence-electron chi connectivity index (χ4n) is 2.97. The molecular weight excluding hydrogens is 358 g/mol. The molecule has 4 rings (SSSR count). The van der Waals surface area contributed by atoms with Crippen molar-refractivity contribution in [1.82, 2.24) is 0 Å². The molecule has 0 aliphatic carbocycles. The van der Waals surface area contributed by atoms with Crippen LogP contribution in [0.5, 0.6) is 0 Å². The molecular formula is C22H17NO3S. The molecule has 0 radical (unpaired) electrons. The number of nitrogens with one attached hydrogen (secondary N) is 1. The number of benzene rings is 3. The van der Waals surface area contributed by atoms with Crippen LogP contribution in [0.4, 0.5) is 5.69 Å². The van der Waals surface area contributed by atoms with Crippen LogP contribution in [0.1, 0.15) is 27.6 Å². The summed E-state index contributed by atoms with van der Waals surface area (Å²) in [6.45, 7) is 0. The van der Waals surface area contributed by atoms with E-state index in [1.807, 2.05) is 66.7 Å². The minimum Gasteiger partial charge on any atom is -0.449 e. The first kappa shape index (κ1) is 17.4. The first-order valence-electron chi connectivity index (χ1n) is 8.58. The molecule has 1 aliphatic heterocycles. The Bertz CT molecular complexity index is 934. The second kappa shape index (κ2) is 7.68. The molecule has 134 valence electrons. The number of fused-ring (bicyclic) bond motifs is 1. The monoisotopic (exact) mass is 375 g/mol. The van der Waals surface area contributed by atoms with Crippen LogP contribution >= 0.6 is 11.8 Å². The van der Waals surface area contributed by atoms with Crippen molar-refractivity contribution in [1.29, 1.82) is 0 Å². The lowest BCUT2D eigenvalue weighted by molar-refractivity contribution is -0.113. The second-order valence-electron chi connectivity index (χ2n) is 6.15. The van der Waals surface area contributed by atoms with E-state index < -0.39 is 12.1 Å². The third-order valence-electron chi connectivity index (χ3n) is 4.28. The summed E-state index contributed by atoms with van der Waals surface area (Å²) in [4.78, 5) is 25.4. The zero-order chi connectivity index (χ0) is 18.6. The average Bonchev–Trinajstić information content (AvgIpc) is 2.72. The van der Waals surface area contributed by atoms with Gasteiger partial charge in [0.1, 0.15) is 0 Å². The van der Waals surface area contributed by atoms with E-state index in [-0.39, 0.29) is 5.91 Å². The summed E-state index contributed by atoms with van der Waals surface area (Å²) in [5.41, 5.74) is 2.87. The lowest BCUT2D eigenvalue weighted by Gasteiger charge is -2.20. The van der Waals surface area contributed by atoms with Gasteiger partial charge in [0.2, 0.25) is 5.91 Å². The van der Waals surface area contributed by atoms with Crippen molar-refractivity contribution in [2.45, 2.75) is 11.0 Å². The van der Waals surface area contributed by atoms with Crippen molar-refractivity contribution in [2.24, 2.45) is 0 Å². The van der Waals surface area contributed by atoms with Gasteiger partial charge in [-0.05, 0) is 29.3 Å². The van der Waals surface area contributed by atoms with Crippen molar-refractivity contribution in [2.75, 3.05) is 11.1 Å². The van der Waals surface area contributed by atoms with Gasteiger partial charge in [0, 0.05) is 4.90 Å². The lowest BCUT2D eigenvalue weighted by atomic mass is 10.0. The average molecular weight is 375 g/mol. The Morgan fingerprint density at radius 2 is 1.56 bits per heavy atom. The van der Waals surface area contributed by atoms with E-state index >= 15 is 0 Å². The van der Waals surface area contributed by atoms with Crippen LogP contribution in [-0.2, 0) is 9.53 Å². The van der Waals surface area contributed by atoms with Crippen molar-refractivity contribution in [3.05, 3.63) is 95.6 Å². The van der Waals surface area contributed by atoms with Crippen LogP contribution in [0.3, 0.4) is 0 Å². The Morgan fingerprint density at radius 1 is 0.926 bits per heavy atom. The van der Waals surface area contributed by atoms with Crippen LogP contribution in [-0.4, -0.2) is 17.6 Å². The number of amides is 1. The molecule has 1 amide bonds. The maximum Gasteiger partial charge on any atom is 0.339 e. The molecule has 1 aliphatic rings. The van der Waals surface area contributed by atoms with Gasteiger partial charge in [0.25, 0.3) is 0 Å². The maximum atomic E-state index is 12.8. The zero-order valence-electron chi connectivity index (χ0n) is 14.4. The quantitative estimate of drug-likeness (QED) is 0.673. The predicted molar refractivity (Wildman–Crippen MR) is 106 cm³/mol. The number of anilines is 1. The smallest absolute Gasteiger partial charge is 0.339 e. The van der Waals surface area contributed by atoms with Crippen LogP contribution in [0.2, 0.25) is 0 Å². The summed E-state index contributed by atoms with van der Waals surface area (Å²) in [6.07, 6.45) is -0.500. The summed E-state index contributed by atoms with van der Waals surface area (Å²) in [5.74, 6) is -0.106. The minimum absolute atomic E-state index is 0.0653. The molecule has 5 heteroatoms. The number of carbonyl (C=O) groups is 2. The van der Waals surface area contributed by atoms with Crippen LogP contribution in [0, 0.1) is 0 Å². The topological polar surface area (TPSA) is 55.4 Å². The Hall–Kier alpha value is -3.05. The molecule has 0 saturated carbocycles. The van der Waals surface area contributed by atoms with Gasteiger partial charge < -0.3 is 10.1 Å². The summed E-state index contributed by atoms with van der Waals surface area (Å²) in [5, 5.41) is 2.80. The molecule has 0 unspecified atom stereocenters. The largest absolute Gasteiger partial charge is 0.449 e. The normalized spacial score (nSPS) is 13.0. The molecule has 0 atom stereocenters. The molecule has 4 nitrogen and oxygen atoms in total. The molecule has 3 aromatic carbocycles. The Kier molecular flexibility index (Phi) is 4.94. The number of esters is 1. The summed E-state index contributed by atoms with van der Waals surface area (Å²) in [7, 11) is 0. The van der Waals surface area contributed by atoms with Crippen molar-refractivity contribution < 1.29 is 14.3 Å². The highest BCUT2D eigenvalue weighted by atomic mass is 32.2. The molecule has 0 saturated heterocycles. The van der Waals surface area contributed by atoms with Crippen molar-refractivity contribution >= 4 is 29.3 Å². The van der Waals surface area contributed by atoms with Crippen LogP contribution in [0.25, 0.3) is 0 Å². The van der Waals surface area contributed by atoms with E-state index in [9.17, 15) is 9.59 Å². The third kappa shape index (κ3) is 3.88. The van der Waals surface area contributed by atoms with Crippen LogP contribution < -0.4 is 5.32 Å². The minimum atomic E-state index is -0.500. The molecule has 27 heavy (non-hydrogen) atoms. The van der Waals surface area contributed by atoms with Gasteiger partial charge in [0.05, 0.1) is 17.0 Å². The number of carbonyl (C=O) groups excluding carboxylic acids is 2. The second-order valence-corrected chi connectivity index (χ2v) is 7.17. The van der Waals surface area contributed by atoms with Gasteiger partial charge in [-0.3, -0.25) is 4.79 Å². The molecule has 3 aromatic rings. The number of ether oxygens (including phenoxy) is 1. The number of rotatable bonds is 4. The van der Waals surface area contributed by atoms with Gasteiger partial charge in [0.15, 0.2) is 6.10 Å². The highest BCUT2D eigenvalue weighted by Gasteiger charge is 2.22. The number of hydrogen-bond donors (Lipinski definition) is 1. The Morgan fingerprint density at radius 3 is 2.19 bits per heavy atom. The van der Waals surface area contributed by atoms with Gasteiger partial charge in [-0.2, -0.15) is 0 Å². The van der Waals surface area contributed by atoms with E-state index in [4.69, 9.17) is 4.74 Å². The fourth-order valence-corrected chi connectivity index (χ4v) is 3.76. The molecule has 1 heterocycles. The maximum absolute atomic E-state index is 12.8. The fraction of sp³-hybridized carbons (Fsp3) is 0.0909. The van der Waals surface area contributed by atoms with Gasteiger partial charge in [-0.15, -0.1) is 11.8 Å².